The number of rotatable bonds is 8. The maximum atomic E-state index is 11.2. The van der Waals surface area contributed by atoms with Crippen molar-refractivity contribution in [3.8, 4) is 11.5 Å². The normalized spacial score (nSPS) is 10.4. The summed E-state index contributed by atoms with van der Waals surface area (Å²) in [5.74, 6) is 1.07. The average Bonchev–Trinajstić information content (AvgIpc) is 3.06. The highest BCUT2D eigenvalue weighted by atomic mass is 16.5. The molecular formula is C17H22N2O4. The van der Waals surface area contributed by atoms with E-state index in [-0.39, 0.29) is 5.97 Å². The van der Waals surface area contributed by atoms with Crippen molar-refractivity contribution in [3.63, 3.8) is 0 Å². The number of benzene rings is 1. The van der Waals surface area contributed by atoms with Crippen LogP contribution in [0.4, 0.5) is 0 Å². The molecule has 23 heavy (non-hydrogen) atoms. The number of hydrogen-bond acceptors (Lipinski definition) is 5. The van der Waals surface area contributed by atoms with Crippen LogP contribution in [-0.4, -0.2) is 30.0 Å². The molecule has 124 valence electrons. The Morgan fingerprint density at radius 2 is 2.04 bits per heavy atom. The molecule has 6 nitrogen and oxygen atoms in total. The maximum Gasteiger partial charge on any atom is 0.305 e. The summed E-state index contributed by atoms with van der Waals surface area (Å²) in [6.45, 7) is 3.25. The van der Waals surface area contributed by atoms with Crippen molar-refractivity contribution in [2.45, 2.75) is 32.9 Å². The Kier molecular flexibility index (Phi) is 6.02. The maximum absolute atomic E-state index is 11.2. The van der Waals surface area contributed by atoms with Crippen LogP contribution in [-0.2, 0) is 29.1 Å². The predicted octanol–water partition coefficient (Wildman–Crippen LogP) is 2.60. The molecule has 0 saturated heterocycles. The van der Waals surface area contributed by atoms with Gasteiger partial charge >= 0.3 is 5.97 Å². The quantitative estimate of drug-likeness (QED) is 0.700. The molecule has 0 aliphatic carbocycles. The van der Waals surface area contributed by atoms with Crippen LogP contribution in [0.2, 0.25) is 0 Å². The number of nitrogens with zero attached hydrogens (tertiary/aromatic N) is 2. The molecule has 0 unspecified atom stereocenters. The molecule has 6 heteroatoms. The first-order valence-electron chi connectivity index (χ1n) is 7.55. The third-order valence-corrected chi connectivity index (χ3v) is 3.47. The molecule has 0 amide bonds. The van der Waals surface area contributed by atoms with E-state index in [2.05, 4.69) is 9.84 Å². The van der Waals surface area contributed by atoms with Crippen LogP contribution in [0.25, 0.3) is 0 Å². The van der Waals surface area contributed by atoms with Crippen LogP contribution in [0.15, 0.2) is 30.5 Å². The Morgan fingerprint density at radius 1 is 1.22 bits per heavy atom. The number of aryl methyl sites for hydroxylation is 2. The zero-order chi connectivity index (χ0) is 16.7. The van der Waals surface area contributed by atoms with Gasteiger partial charge in [-0.15, -0.1) is 0 Å². The first-order valence-corrected chi connectivity index (χ1v) is 7.55. The van der Waals surface area contributed by atoms with E-state index in [4.69, 9.17) is 9.47 Å². The summed E-state index contributed by atoms with van der Waals surface area (Å²) in [5.41, 5.74) is 1.86. The fourth-order valence-electron chi connectivity index (χ4n) is 2.14. The Labute approximate surface area is 136 Å². The van der Waals surface area contributed by atoms with E-state index in [1.807, 2.05) is 42.1 Å². The predicted molar refractivity (Wildman–Crippen MR) is 85.6 cm³/mol. The standard InChI is InChI=1S/C17H22N2O4/c1-4-19-10-9-14(18-19)12-23-15-7-5-13(11-16(15)21-2)6-8-17(20)22-3/h5,7,9-11H,4,6,8,12H2,1-3H3. The summed E-state index contributed by atoms with van der Waals surface area (Å²) in [5, 5.41) is 4.37. The van der Waals surface area contributed by atoms with Crippen molar-refractivity contribution in [1.82, 2.24) is 9.78 Å². The van der Waals surface area contributed by atoms with Crippen molar-refractivity contribution in [2.75, 3.05) is 14.2 Å². The van der Waals surface area contributed by atoms with Gasteiger partial charge in [-0.1, -0.05) is 6.07 Å². The minimum Gasteiger partial charge on any atom is -0.493 e. The van der Waals surface area contributed by atoms with Crippen molar-refractivity contribution >= 4 is 5.97 Å². The van der Waals surface area contributed by atoms with Crippen molar-refractivity contribution in [1.29, 1.82) is 0 Å². The van der Waals surface area contributed by atoms with E-state index in [1.165, 1.54) is 7.11 Å². The van der Waals surface area contributed by atoms with Gasteiger partial charge in [-0.25, -0.2) is 0 Å². The van der Waals surface area contributed by atoms with Crippen molar-refractivity contribution in [2.24, 2.45) is 0 Å². The van der Waals surface area contributed by atoms with E-state index in [0.29, 0.717) is 30.9 Å². The lowest BCUT2D eigenvalue weighted by Gasteiger charge is -2.11. The van der Waals surface area contributed by atoms with Crippen molar-refractivity contribution < 1.29 is 19.0 Å². The first-order chi connectivity index (χ1) is 11.2. The lowest BCUT2D eigenvalue weighted by Crippen LogP contribution is -2.03. The molecule has 0 bridgehead atoms. The van der Waals surface area contributed by atoms with Crippen molar-refractivity contribution in [3.05, 3.63) is 41.7 Å². The van der Waals surface area contributed by atoms with Crippen LogP contribution >= 0.6 is 0 Å². The molecule has 1 aromatic heterocycles. The molecule has 2 rings (SSSR count). The largest absolute Gasteiger partial charge is 0.493 e. The Bertz CT molecular complexity index is 652. The highest BCUT2D eigenvalue weighted by Gasteiger charge is 2.09. The topological polar surface area (TPSA) is 62.6 Å². The zero-order valence-corrected chi connectivity index (χ0v) is 13.7. The summed E-state index contributed by atoms with van der Waals surface area (Å²) >= 11 is 0. The number of ether oxygens (including phenoxy) is 3. The second kappa shape index (κ2) is 8.22. The van der Waals surface area contributed by atoms with Crippen LogP contribution in [0.1, 0.15) is 24.6 Å². The smallest absolute Gasteiger partial charge is 0.305 e. The molecule has 0 radical (unpaired) electrons. The average molecular weight is 318 g/mol. The molecule has 0 fully saturated rings. The SMILES string of the molecule is CCn1ccc(COc2ccc(CCC(=O)OC)cc2OC)n1. The molecule has 2 aromatic rings. The Morgan fingerprint density at radius 3 is 2.70 bits per heavy atom. The molecule has 1 heterocycles. The monoisotopic (exact) mass is 318 g/mol. The second-order valence-corrected chi connectivity index (χ2v) is 5.01. The number of hydrogen-bond donors (Lipinski definition) is 0. The first kappa shape index (κ1) is 16.9. The van der Waals surface area contributed by atoms with Gasteiger partial charge in [0.05, 0.1) is 19.9 Å². The van der Waals surface area contributed by atoms with E-state index < -0.39 is 0 Å². The summed E-state index contributed by atoms with van der Waals surface area (Å²) in [4.78, 5) is 11.2. The van der Waals surface area contributed by atoms with Crippen LogP contribution < -0.4 is 9.47 Å². The van der Waals surface area contributed by atoms with Gasteiger partial charge in [0.2, 0.25) is 0 Å². The number of aromatic nitrogens is 2. The number of methoxy groups -OCH3 is 2. The number of carbonyl (C=O) groups is 1. The summed E-state index contributed by atoms with van der Waals surface area (Å²) < 4.78 is 17.6. The Hall–Kier alpha value is -2.50. The summed E-state index contributed by atoms with van der Waals surface area (Å²) in [6.07, 6.45) is 2.87. The van der Waals surface area contributed by atoms with Gasteiger partial charge in [0.1, 0.15) is 6.61 Å². The lowest BCUT2D eigenvalue weighted by molar-refractivity contribution is -0.140. The van der Waals surface area contributed by atoms with E-state index in [9.17, 15) is 4.79 Å². The zero-order valence-electron chi connectivity index (χ0n) is 13.7. The summed E-state index contributed by atoms with van der Waals surface area (Å²) in [7, 11) is 2.98. The highest BCUT2D eigenvalue weighted by molar-refractivity contribution is 5.69. The van der Waals surface area contributed by atoms with E-state index >= 15 is 0 Å². The van der Waals surface area contributed by atoms with Gasteiger partial charge in [-0.2, -0.15) is 5.10 Å². The molecule has 0 aliphatic heterocycles. The molecule has 0 saturated carbocycles. The van der Waals surface area contributed by atoms with Gasteiger partial charge in [0, 0.05) is 19.2 Å². The minimum atomic E-state index is -0.226. The molecule has 0 spiro atoms. The minimum absolute atomic E-state index is 0.226. The van der Waals surface area contributed by atoms with Gasteiger partial charge < -0.3 is 14.2 Å². The molecule has 0 N–H and O–H groups in total. The number of carbonyl (C=O) groups excluding carboxylic acids is 1. The van der Waals surface area contributed by atoms with Crippen LogP contribution in [0.5, 0.6) is 11.5 Å². The van der Waals surface area contributed by atoms with E-state index in [0.717, 1.165) is 17.8 Å². The third-order valence-electron chi connectivity index (χ3n) is 3.47. The van der Waals surface area contributed by atoms with Crippen LogP contribution in [0.3, 0.4) is 0 Å². The lowest BCUT2D eigenvalue weighted by atomic mass is 10.1. The third kappa shape index (κ3) is 4.74. The van der Waals surface area contributed by atoms with Gasteiger partial charge in [-0.05, 0) is 37.1 Å². The summed E-state index contributed by atoms with van der Waals surface area (Å²) in [6, 6.07) is 7.58. The van der Waals surface area contributed by atoms with Crippen LogP contribution in [0, 0.1) is 0 Å². The molecular weight excluding hydrogens is 296 g/mol. The molecule has 0 aliphatic rings. The Balaban J connectivity index is 1.99. The molecule has 1 aromatic carbocycles. The van der Waals surface area contributed by atoms with Gasteiger partial charge in [0.15, 0.2) is 11.5 Å². The second-order valence-electron chi connectivity index (χ2n) is 5.01. The molecule has 0 atom stereocenters. The fraction of sp³-hybridized carbons (Fsp3) is 0.412. The van der Waals surface area contributed by atoms with E-state index in [1.54, 1.807) is 7.11 Å². The number of esters is 1. The highest BCUT2D eigenvalue weighted by Crippen LogP contribution is 2.29. The fourth-order valence-corrected chi connectivity index (χ4v) is 2.14. The van der Waals surface area contributed by atoms with Gasteiger partial charge in [0.25, 0.3) is 0 Å². The van der Waals surface area contributed by atoms with Gasteiger partial charge in [-0.3, -0.25) is 9.48 Å².